The molecule has 2 saturated heterocycles. The molecule has 3 aliphatic rings. The number of fused-ring (bicyclic) bond motifs is 1. The summed E-state index contributed by atoms with van der Waals surface area (Å²) in [7, 11) is 3.24. The van der Waals surface area contributed by atoms with Gasteiger partial charge in [-0.25, -0.2) is 9.37 Å². The summed E-state index contributed by atoms with van der Waals surface area (Å²) in [4.78, 5) is 38.1. The maximum absolute atomic E-state index is 13.2. The Hall–Kier alpha value is -3.52. The van der Waals surface area contributed by atoms with E-state index < -0.39 is 6.04 Å². The molecule has 5 rings (SSSR count). The number of hydrogen-bond acceptors (Lipinski definition) is 5. The van der Waals surface area contributed by atoms with Crippen molar-refractivity contribution >= 4 is 29.3 Å². The molecule has 8 heteroatoms. The van der Waals surface area contributed by atoms with Crippen LogP contribution in [0.1, 0.15) is 11.1 Å². The highest BCUT2D eigenvalue weighted by atomic mass is 16.2. The Morgan fingerprint density at radius 3 is 2.26 bits per heavy atom. The number of nitrogens with zero attached hydrogens (tertiary/aromatic N) is 6. The van der Waals surface area contributed by atoms with Gasteiger partial charge in [0.15, 0.2) is 0 Å². The molecule has 0 N–H and O–H groups in total. The van der Waals surface area contributed by atoms with Gasteiger partial charge in [0.25, 0.3) is 17.8 Å². The van der Waals surface area contributed by atoms with Gasteiger partial charge < -0.3 is 4.90 Å². The summed E-state index contributed by atoms with van der Waals surface area (Å²) in [5, 5.41) is 0. The number of aliphatic imine (C=N–C) groups is 1. The second kappa shape index (κ2) is 9.02. The van der Waals surface area contributed by atoms with Gasteiger partial charge >= 0.3 is 11.9 Å². The lowest BCUT2D eigenvalue weighted by atomic mass is 10.1. The molecular weight excluding hydrogens is 428 g/mol. The Morgan fingerprint density at radius 1 is 0.912 bits per heavy atom. The van der Waals surface area contributed by atoms with Gasteiger partial charge in [-0.05, 0) is 29.6 Å². The lowest BCUT2D eigenvalue weighted by Gasteiger charge is -2.35. The van der Waals surface area contributed by atoms with Crippen molar-refractivity contribution in [3.63, 3.8) is 0 Å². The molecule has 1 atom stereocenters. The summed E-state index contributed by atoms with van der Waals surface area (Å²) in [6, 6.07) is 17.9. The highest BCUT2D eigenvalue weighted by Gasteiger charge is 2.53. The van der Waals surface area contributed by atoms with Gasteiger partial charge in [-0.1, -0.05) is 48.0 Å². The second-order valence-electron chi connectivity index (χ2n) is 9.24. The maximum Gasteiger partial charge on any atom is 0.333 e. The number of piperazine rings is 1. The first-order valence-corrected chi connectivity index (χ1v) is 11.8. The van der Waals surface area contributed by atoms with Gasteiger partial charge in [-0.2, -0.15) is 0 Å². The Morgan fingerprint density at radius 2 is 1.59 bits per heavy atom. The molecule has 3 heterocycles. The first-order valence-electron chi connectivity index (χ1n) is 11.8. The summed E-state index contributed by atoms with van der Waals surface area (Å²) in [6.07, 6.45) is 0. The number of para-hydroxylation sites is 1. The summed E-state index contributed by atoms with van der Waals surface area (Å²) < 4.78 is 2.07. The number of aryl methyl sites for hydroxylation is 1. The number of carbonyl (C=O) groups is 2. The fraction of sp³-hybridized carbons (Fsp3) is 0.385. The molecule has 3 amide bonds. The second-order valence-corrected chi connectivity index (χ2v) is 9.24. The third-order valence-electron chi connectivity index (χ3n) is 6.95. The Labute approximate surface area is 200 Å². The van der Waals surface area contributed by atoms with Crippen molar-refractivity contribution in [2.45, 2.75) is 19.5 Å². The molecule has 2 fully saturated rings. The monoisotopic (exact) mass is 459 g/mol. The molecular formula is C26H31N6O2+. The van der Waals surface area contributed by atoms with E-state index in [0.29, 0.717) is 18.9 Å². The smallest absolute Gasteiger partial charge is 0.333 e. The van der Waals surface area contributed by atoms with E-state index in [1.807, 2.05) is 6.07 Å². The quantitative estimate of drug-likeness (QED) is 0.642. The summed E-state index contributed by atoms with van der Waals surface area (Å²) >= 11 is 0. The molecule has 2 aromatic rings. The fourth-order valence-corrected chi connectivity index (χ4v) is 4.85. The molecule has 3 aliphatic heterocycles. The summed E-state index contributed by atoms with van der Waals surface area (Å²) in [6.45, 7) is 6.98. The molecule has 8 nitrogen and oxygen atoms in total. The third kappa shape index (κ3) is 4.09. The van der Waals surface area contributed by atoms with Crippen molar-refractivity contribution < 1.29 is 14.2 Å². The molecule has 176 valence electrons. The van der Waals surface area contributed by atoms with E-state index >= 15 is 0 Å². The number of carbonyl (C=O) groups excluding carboxylic acids is 2. The van der Waals surface area contributed by atoms with Gasteiger partial charge in [0.05, 0.1) is 0 Å². The van der Waals surface area contributed by atoms with Crippen LogP contribution in [0.15, 0.2) is 59.6 Å². The molecule has 0 aromatic heterocycles. The molecule has 0 spiro atoms. The van der Waals surface area contributed by atoms with Crippen LogP contribution >= 0.6 is 0 Å². The van der Waals surface area contributed by atoms with Gasteiger partial charge in [0.1, 0.15) is 13.1 Å². The Balaban J connectivity index is 1.39. The molecule has 1 unspecified atom stereocenters. The first kappa shape index (κ1) is 22.3. The van der Waals surface area contributed by atoms with E-state index in [0.717, 1.165) is 37.6 Å². The van der Waals surface area contributed by atoms with E-state index in [-0.39, 0.29) is 11.9 Å². The third-order valence-corrected chi connectivity index (χ3v) is 6.95. The van der Waals surface area contributed by atoms with E-state index in [9.17, 15) is 9.59 Å². The van der Waals surface area contributed by atoms with E-state index in [4.69, 9.17) is 4.99 Å². The fourth-order valence-electron chi connectivity index (χ4n) is 4.85. The normalized spacial score (nSPS) is 21.3. The molecule has 34 heavy (non-hydrogen) atoms. The number of likely N-dealkylation sites (N-methyl/N-ethyl adjacent to an activating group) is 2. The summed E-state index contributed by atoms with van der Waals surface area (Å²) in [5.41, 5.74) is 3.56. The van der Waals surface area contributed by atoms with Crippen molar-refractivity contribution in [3.8, 4) is 0 Å². The molecule has 2 aromatic carbocycles. The molecule has 0 bridgehead atoms. The topological polar surface area (TPSA) is 62.5 Å². The molecule has 0 aliphatic carbocycles. The standard InChI is InChI=1S/C26H31N6O2/c1-19-9-11-20(12-10-19)17-32-22(27-24-23(32)25(33)29(3)26(34)28(24)2)18-30-13-15-31(16-14-30)21-7-5-4-6-8-21/h4-12,23H,13-18H2,1-3H3/q+1. The van der Waals surface area contributed by atoms with Crippen LogP contribution in [0.5, 0.6) is 0 Å². The number of benzene rings is 2. The number of anilines is 1. The Bertz CT molecular complexity index is 1150. The molecule has 0 radical (unpaired) electrons. The zero-order valence-corrected chi connectivity index (χ0v) is 20.0. The van der Waals surface area contributed by atoms with Gasteiger partial charge in [0.2, 0.25) is 0 Å². The average molecular weight is 460 g/mol. The van der Waals surface area contributed by atoms with Crippen molar-refractivity contribution in [1.29, 1.82) is 0 Å². The largest absolute Gasteiger partial charge is 0.369 e. The highest BCUT2D eigenvalue weighted by molar-refractivity contribution is 6.23. The first-order chi connectivity index (χ1) is 16.4. The minimum absolute atomic E-state index is 0.224. The number of rotatable bonds is 5. The zero-order valence-electron chi connectivity index (χ0n) is 20.0. The number of hydrogen-bond donors (Lipinski definition) is 0. The Kier molecular flexibility index (Phi) is 5.91. The van der Waals surface area contributed by atoms with Crippen LogP contribution in [0, 0.1) is 6.92 Å². The predicted molar refractivity (Wildman–Crippen MR) is 132 cm³/mol. The number of urea groups is 1. The number of amidine groups is 2. The SMILES string of the molecule is Cc1ccc(C[N+]2=C(CN3CCN(c4ccccc4)CC3)N=C3C2C(=O)N(C)C(=O)N3C)cc1. The van der Waals surface area contributed by atoms with Crippen molar-refractivity contribution in [2.24, 2.45) is 4.99 Å². The highest BCUT2D eigenvalue weighted by Crippen LogP contribution is 2.22. The number of amides is 3. The van der Waals surface area contributed by atoms with Gasteiger partial charge in [-0.3, -0.25) is 19.5 Å². The van der Waals surface area contributed by atoms with Gasteiger partial charge in [0, 0.05) is 46.0 Å². The zero-order chi connectivity index (χ0) is 23.8. The lowest BCUT2D eigenvalue weighted by Crippen LogP contribution is -2.61. The lowest BCUT2D eigenvalue weighted by molar-refractivity contribution is -0.552. The van der Waals surface area contributed by atoms with Crippen LogP contribution in [0.4, 0.5) is 10.5 Å². The maximum atomic E-state index is 13.2. The average Bonchev–Trinajstić information content (AvgIpc) is 3.21. The summed E-state index contributed by atoms with van der Waals surface area (Å²) in [5.74, 6) is 1.15. The van der Waals surface area contributed by atoms with Crippen LogP contribution in [-0.2, 0) is 11.3 Å². The molecule has 0 saturated carbocycles. The van der Waals surface area contributed by atoms with Gasteiger partial charge in [-0.15, -0.1) is 0 Å². The van der Waals surface area contributed by atoms with E-state index in [2.05, 4.69) is 69.8 Å². The van der Waals surface area contributed by atoms with Crippen molar-refractivity contribution in [2.75, 3.05) is 51.7 Å². The van der Waals surface area contributed by atoms with Crippen LogP contribution in [-0.4, -0.2) is 95.7 Å². The van der Waals surface area contributed by atoms with E-state index in [1.54, 1.807) is 14.1 Å². The van der Waals surface area contributed by atoms with Crippen LogP contribution in [0.3, 0.4) is 0 Å². The van der Waals surface area contributed by atoms with Crippen molar-refractivity contribution in [1.82, 2.24) is 14.7 Å². The van der Waals surface area contributed by atoms with Crippen LogP contribution in [0.25, 0.3) is 0 Å². The van der Waals surface area contributed by atoms with Crippen molar-refractivity contribution in [3.05, 3.63) is 65.7 Å². The van der Waals surface area contributed by atoms with Crippen LogP contribution in [0.2, 0.25) is 0 Å². The predicted octanol–water partition coefficient (Wildman–Crippen LogP) is 2.03. The number of imide groups is 1. The van der Waals surface area contributed by atoms with Crippen LogP contribution < -0.4 is 4.90 Å². The van der Waals surface area contributed by atoms with E-state index in [1.165, 1.54) is 21.1 Å². The minimum Gasteiger partial charge on any atom is -0.369 e. The minimum atomic E-state index is -0.574.